The molecule has 0 atom stereocenters. The Kier molecular flexibility index (Phi) is 4.50. The highest BCUT2D eigenvalue weighted by Gasteiger charge is 2.25. The van der Waals surface area contributed by atoms with Gasteiger partial charge in [-0.05, 0) is 12.8 Å². The highest BCUT2D eigenvalue weighted by Crippen LogP contribution is 2.20. The molecule has 110 valence electrons. The number of carbonyl (C=O) groups is 1. The van der Waals surface area contributed by atoms with Gasteiger partial charge in [-0.15, -0.1) is 5.10 Å². The molecule has 1 aliphatic heterocycles. The van der Waals surface area contributed by atoms with Crippen LogP contribution < -0.4 is 5.32 Å². The average molecular weight is 316 g/mol. The summed E-state index contributed by atoms with van der Waals surface area (Å²) in [5.74, 6) is 0.160. The van der Waals surface area contributed by atoms with Crippen molar-refractivity contribution in [2.24, 2.45) is 0 Å². The van der Waals surface area contributed by atoms with Crippen LogP contribution in [0.15, 0.2) is 0 Å². The smallest absolute Gasteiger partial charge is 0.234 e. The van der Waals surface area contributed by atoms with Crippen LogP contribution >= 0.6 is 23.1 Å². The van der Waals surface area contributed by atoms with Gasteiger partial charge in [0.1, 0.15) is 10.0 Å². The van der Waals surface area contributed by atoms with Gasteiger partial charge >= 0.3 is 0 Å². The summed E-state index contributed by atoms with van der Waals surface area (Å²) in [7, 11) is 0. The summed E-state index contributed by atoms with van der Waals surface area (Å²) < 4.78 is 4.52. The van der Waals surface area contributed by atoms with Gasteiger partial charge in [0, 0.05) is 50.3 Å². The molecule has 1 amide bonds. The van der Waals surface area contributed by atoms with E-state index in [1.54, 1.807) is 0 Å². The van der Waals surface area contributed by atoms with Crippen LogP contribution in [0.25, 0.3) is 0 Å². The Labute approximate surface area is 127 Å². The highest BCUT2D eigenvalue weighted by molar-refractivity contribution is 7.10. The molecule has 3 rings (SSSR count). The minimum atomic E-state index is 0.160. The zero-order chi connectivity index (χ0) is 13.9. The largest absolute Gasteiger partial charge is 0.352 e. The monoisotopic (exact) mass is 315 g/mol. The second-order valence-corrected chi connectivity index (χ2v) is 6.74. The molecule has 2 fully saturated rings. The lowest BCUT2D eigenvalue weighted by atomic mass is 10.3. The Balaban J connectivity index is 1.40. The van der Waals surface area contributed by atoms with E-state index in [9.17, 15) is 4.79 Å². The molecular formula is C12H18ClN5OS. The molecule has 2 aliphatic rings. The van der Waals surface area contributed by atoms with E-state index in [4.69, 9.17) is 11.6 Å². The summed E-state index contributed by atoms with van der Waals surface area (Å²) in [5, 5.41) is 7.06. The molecule has 1 saturated heterocycles. The second-order valence-electron chi connectivity index (χ2n) is 5.39. The van der Waals surface area contributed by atoms with Crippen molar-refractivity contribution in [2.45, 2.75) is 25.4 Å². The third-order valence-electron chi connectivity index (χ3n) is 3.66. The van der Waals surface area contributed by atoms with Crippen molar-refractivity contribution >= 4 is 29.0 Å². The molecule has 1 aliphatic carbocycles. The summed E-state index contributed by atoms with van der Waals surface area (Å²) in [6, 6.07) is 0.447. The fourth-order valence-electron chi connectivity index (χ4n) is 2.31. The van der Waals surface area contributed by atoms with Crippen molar-refractivity contribution in [3.8, 4) is 0 Å². The normalized spacial score (nSPS) is 21.1. The maximum absolute atomic E-state index is 11.7. The molecule has 1 aromatic rings. The number of nitrogens with one attached hydrogen (secondary N) is 1. The van der Waals surface area contributed by atoms with Gasteiger partial charge < -0.3 is 5.32 Å². The van der Waals surface area contributed by atoms with Gasteiger partial charge in [0.05, 0.1) is 6.54 Å². The number of nitrogens with zero attached hydrogens (tertiary/aromatic N) is 4. The SMILES string of the molecule is O=C(CN1CCN(Cc2nnsc2Cl)CC1)NC1CC1. The van der Waals surface area contributed by atoms with Crippen LogP contribution in [0.4, 0.5) is 0 Å². The third kappa shape index (κ3) is 3.88. The number of carbonyl (C=O) groups excluding carboxylic acids is 1. The maximum atomic E-state index is 11.7. The minimum Gasteiger partial charge on any atom is -0.352 e. The predicted octanol–water partition coefficient (Wildman–Crippen LogP) is 0.588. The minimum absolute atomic E-state index is 0.160. The summed E-state index contributed by atoms with van der Waals surface area (Å²) >= 11 is 7.24. The first-order chi connectivity index (χ1) is 9.70. The van der Waals surface area contributed by atoms with E-state index in [0.717, 1.165) is 51.3 Å². The Morgan fingerprint density at radius 2 is 2.00 bits per heavy atom. The van der Waals surface area contributed by atoms with Crippen LogP contribution in [0, 0.1) is 0 Å². The van der Waals surface area contributed by atoms with E-state index >= 15 is 0 Å². The zero-order valence-electron chi connectivity index (χ0n) is 11.2. The number of hydrogen-bond donors (Lipinski definition) is 1. The van der Waals surface area contributed by atoms with Crippen molar-refractivity contribution in [1.29, 1.82) is 0 Å². The van der Waals surface area contributed by atoms with Gasteiger partial charge in [-0.1, -0.05) is 16.1 Å². The second kappa shape index (κ2) is 6.34. The lowest BCUT2D eigenvalue weighted by Crippen LogP contribution is -2.49. The van der Waals surface area contributed by atoms with Crippen molar-refractivity contribution in [1.82, 2.24) is 24.7 Å². The molecule has 0 bridgehead atoms. The number of rotatable bonds is 5. The lowest BCUT2D eigenvalue weighted by Gasteiger charge is -2.33. The van der Waals surface area contributed by atoms with Gasteiger partial charge in [-0.2, -0.15) is 0 Å². The molecule has 20 heavy (non-hydrogen) atoms. The average Bonchev–Trinajstić information content (AvgIpc) is 3.15. The Morgan fingerprint density at radius 1 is 1.30 bits per heavy atom. The van der Waals surface area contributed by atoms with E-state index in [1.807, 2.05) is 0 Å². The van der Waals surface area contributed by atoms with Gasteiger partial charge in [-0.3, -0.25) is 14.6 Å². The van der Waals surface area contributed by atoms with Crippen LogP contribution in [0.3, 0.4) is 0 Å². The van der Waals surface area contributed by atoms with Crippen LogP contribution in [-0.2, 0) is 11.3 Å². The van der Waals surface area contributed by atoms with E-state index in [2.05, 4.69) is 24.7 Å². The Hall–Kier alpha value is -0.760. The molecule has 8 heteroatoms. The van der Waals surface area contributed by atoms with Crippen LogP contribution in [-0.4, -0.2) is 64.1 Å². The standard InChI is InChI=1S/C12H18ClN5OS/c13-12-10(15-16-20-12)7-17-3-5-18(6-4-17)8-11(19)14-9-1-2-9/h9H,1-8H2,(H,14,19). The molecule has 6 nitrogen and oxygen atoms in total. The zero-order valence-corrected chi connectivity index (χ0v) is 12.8. The van der Waals surface area contributed by atoms with Crippen molar-refractivity contribution < 1.29 is 4.79 Å². The first kappa shape index (κ1) is 14.2. The van der Waals surface area contributed by atoms with Gasteiger partial charge in [0.25, 0.3) is 0 Å². The quantitative estimate of drug-likeness (QED) is 0.861. The van der Waals surface area contributed by atoms with E-state index in [-0.39, 0.29) is 5.91 Å². The number of amides is 1. The summed E-state index contributed by atoms with van der Waals surface area (Å²) in [4.78, 5) is 16.3. The van der Waals surface area contributed by atoms with Gasteiger partial charge in [-0.25, -0.2) is 0 Å². The van der Waals surface area contributed by atoms with Crippen molar-refractivity contribution in [3.05, 3.63) is 10.0 Å². The van der Waals surface area contributed by atoms with E-state index in [0.29, 0.717) is 16.9 Å². The summed E-state index contributed by atoms with van der Waals surface area (Å²) in [6.07, 6.45) is 2.28. The number of halogens is 1. The third-order valence-corrected chi connectivity index (χ3v) is 4.64. The highest BCUT2D eigenvalue weighted by atomic mass is 35.5. The van der Waals surface area contributed by atoms with Gasteiger partial charge in [0.15, 0.2) is 0 Å². The fourth-order valence-corrected chi connectivity index (χ4v) is 2.92. The molecule has 0 unspecified atom stereocenters. The first-order valence-electron chi connectivity index (χ1n) is 6.91. The molecule has 2 heterocycles. The van der Waals surface area contributed by atoms with Crippen LogP contribution in [0.2, 0.25) is 4.34 Å². The van der Waals surface area contributed by atoms with Crippen LogP contribution in [0.5, 0.6) is 0 Å². The molecule has 1 saturated carbocycles. The van der Waals surface area contributed by atoms with Crippen molar-refractivity contribution in [2.75, 3.05) is 32.7 Å². The Morgan fingerprint density at radius 3 is 2.60 bits per heavy atom. The van der Waals surface area contributed by atoms with Crippen molar-refractivity contribution in [3.63, 3.8) is 0 Å². The number of piperazine rings is 1. The molecule has 1 aromatic heterocycles. The fraction of sp³-hybridized carbons (Fsp3) is 0.750. The molecule has 0 radical (unpaired) electrons. The first-order valence-corrected chi connectivity index (χ1v) is 8.06. The lowest BCUT2D eigenvalue weighted by molar-refractivity contribution is -0.122. The maximum Gasteiger partial charge on any atom is 0.234 e. The molecule has 1 N–H and O–H groups in total. The van der Waals surface area contributed by atoms with E-state index < -0.39 is 0 Å². The summed E-state index contributed by atoms with van der Waals surface area (Å²) in [6.45, 7) is 4.95. The topological polar surface area (TPSA) is 61.4 Å². The molecular weight excluding hydrogens is 298 g/mol. The van der Waals surface area contributed by atoms with E-state index in [1.165, 1.54) is 11.5 Å². The number of hydrogen-bond acceptors (Lipinski definition) is 6. The summed E-state index contributed by atoms with van der Waals surface area (Å²) in [5.41, 5.74) is 0.858. The predicted molar refractivity (Wildman–Crippen MR) is 77.8 cm³/mol. The molecule has 0 spiro atoms. The van der Waals surface area contributed by atoms with Crippen LogP contribution in [0.1, 0.15) is 18.5 Å². The molecule has 0 aromatic carbocycles. The number of aromatic nitrogens is 2. The Bertz CT molecular complexity index is 470. The van der Waals surface area contributed by atoms with Gasteiger partial charge in [0.2, 0.25) is 5.91 Å².